The molecule has 1 aromatic carbocycles. The summed E-state index contributed by atoms with van der Waals surface area (Å²) in [6.07, 6.45) is 3.55. The lowest BCUT2D eigenvalue weighted by Gasteiger charge is -2.39. The quantitative estimate of drug-likeness (QED) is 0.664. The van der Waals surface area contributed by atoms with E-state index in [-0.39, 0.29) is 5.69 Å². The van der Waals surface area contributed by atoms with Crippen molar-refractivity contribution in [2.45, 2.75) is 52.1 Å². The third kappa shape index (κ3) is 3.64. The lowest BCUT2D eigenvalue weighted by Crippen LogP contribution is -2.47. The van der Waals surface area contributed by atoms with Crippen molar-refractivity contribution in [2.24, 2.45) is 0 Å². The van der Waals surface area contributed by atoms with Crippen molar-refractivity contribution in [3.05, 3.63) is 28.3 Å². The van der Waals surface area contributed by atoms with Gasteiger partial charge in [0.15, 0.2) is 5.75 Å². The molecular weight excluding hydrogens is 270 g/mol. The molecule has 2 rings (SSSR count). The summed E-state index contributed by atoms with van der Waals surface area (Å²) in [7, 11) is 0. The van der Waals surface area contributed by atoms with E-state index < -0.39 is 4.92 Å². The van der Waals surface area contributed by atoms with Crippen LogP contribution >= 0.6 is 0 Å². The molecule has 6 heteroatoms. The highest BCUT2D eigenvalue weighted by Crippen LogP contribution is 2.31. The van der Waals surface area contributed by atoms with Gasteiger partial charge >= 0.3 is 5.69 Å². The molecule has 1 saturated heterocycles. The van der Waals surface area contributed by atoms with Gasteiger partial charge in [-0.2, -0.15) is 0 Å². The molecule has 0 bridgehead atoms. The van der Waals surface area contributed by atoms with Gasteiger partial charge in [-0.1, -0.05) is 6.42 Å². The number of nitrogens with one attached hydrogen (secondary N) is 1. The van der Waals surface area contributed by atoms with E-state index in [1.807, 2.05) is 6.92 Å². The molecule has 1 aromatic rings. The lowest BCUT2D eigenvalue weighted by molar-refractivity contribution is -0.385. The van der Waals surface area contributed by atoms with E-state index in [4.69, 9.17) is 4.74 Å². The molecule has 0 radical (unpaired) electrons. The van der Waals surface area contributed by atoms with Crippen LogP contribution in [0.15, 0.2) is 18.2 Å². The second kappa shape index (κ2) is 6.76. The smallest absolute Gasteiger partial charge is 0.311 e. The zero-order valence-corrected chi connectivity index (χ0v) is 12.8. The van der Waals surface area contributed by atoms with E-state index in [0.717, 1.165) is 18.5 Å². The molecule has 1 N–H and O–H groups in total. The van der Waals surface area contributed by atoms with Gasteiger partial charge in [0.05, 0.1) is 17.2 Å². The van der Waals surface area contributed by atoms with Crippen molar-refractivity contribution in [3.8, 4) is 5.75 Å². The molecule has 1 fully saturated rings. The van der Waals surface area contributed by atoms with Gasteiger partial charge in [0, 0.05) is 24.2 Å². The van der Waals surface area contributed by atoms with E-state index in [2.05, 4.69) is 24.3 Å². The fourth-order valence-corrected chi connectivity index (χ4v) is 2.80. The van der Waals surface area contributed by atoms with Crippen LogP contribution in [0.1, 0.15) is 40.0 Å². The number of hydrogen-bond donors (Lipinski definition) is 1. The number of ether oxygens (including phenoxy) is 1. The molecule has 0 amide bonds. The minimum Gasteiger partial charge on any atom is -0.487 e. The fourth-order valence-electron chi connectivity index (χ4n) is 2.80. The number of nitro benzene ring substituents is 1. The van der Waals surface area contributed by atoms with Crippen molar-refractivity contribution in [3.63, 3.8) is 0 Å². The predicted octanol–water partition coefficient (Wildman–Crippen LogP) is 3.58. The van der Waals surface area contributed by atoms with Crippen LogP contribution in [0.5, 0.6) is 5.75 Å². The normalized spacial score (nSPS) is 22.8. The molecule has 0 saturated carbocycles. The summed E-state index contributed by atoms with van der Waals surface area (Å²) in [4.78, 5) is 10.6. The summed E-state index contributed by atoms with van der Waals surface area (Å²) < 4.78 is 5.38. The van der Waals surface area contributed by atoms with Crippen molar-refractivity contribution in [2.75, 3.05) is 12.0 Å². The molecule has 1 aliphatic rings. The van der Waals surface area contributed by atoms with Crippen LogP contribution in [-0.4, -0.2) is 28.6 Å². The maximum Gasteiger partial charge on any atom is 0.311 e. The van der Waals surface area contributed by atoms with Crippen LogP contribution in [0.2, 0.25) is 0 Å². The second-order valence-electron chi connectivity index (χ2n) is 5.52. The molecule has 1 aliphatic heterocycles. The Balaban J connectivity index is 2.20. The number of benzene rings is 1. The Labute approximate surface area is 125 Å². The maximum absolute atomic E-state index is 11.0. The number of anilines is 1. The van der Waals surface area contributed by atoms with Gasteiger partial charge in [0.2, 0.25) is 0 Å². The topological polar surface area (TPSA) is 67.6 Å². The molecule has 116 valence electrons. The summed E-state index contributed by atoms with van der Waals surface area (Å²) in [6, 6.07) is 5.82. The van der Waals surface area contributed by atoms with E-state index in [1.54, 1.807) is 12.1 Å². The Bertz CT molecular complexity index is 497. The Morgan fingerprint density at radius 2 is 2.05 bits per heavy atom. The first-order valence-corrected chi connectivity index (χ1v) is 7.49. The molecule has 21 heavy (non-hydrogen) atoms. The Kier molecular flexibility index (Phi) is 5.01. The number of hydrogen-bond acceptors (Lipinski definition) is 5. The number of piperidine rings is 1. The zero-order chi connectivity index (χ0) is 15.4. The monoisotopic (exact) mass is 293 g/mol. The van der Waals surface area contributed by atoms with Crippen LogP contribution in [-0.2, 0) is 0 Å². The van der Waals surface area contributed by atoms with Crippen molar-refractivity contribution in [1.29, 1.82) is 0 Å². The highest BCUT2D eigenvalue weighted by molar-refractivity contribution is 5.57. The number of hydrazine groups is 1. The largest absolute Gasteiger partial charge is 0.487 e. The van der Waals surface area contributed by atoms with Gasteiger partial charge in [-0.15, -0.1) is 0 Å². The van der Waals surface area contributed by atoms with E-state index in [0.29, 0.717) is 24.4 Å². The van der Waals surface area contributed by atoms with Crippen LogP contribution in [0.4, 0.5) is 11.4 Å². The Morgan fingerprint density at radius 1 is 1.38 bits per heavy atom. The minimum absolute atomic E-state index is 0.00198. The summed E-state index contributed by atoms with van der Waals surface area (Å²) in [6.45, 7) is 6.61. The average molecular weight is 293 g/mol. The minimum atomic E-state index is -0.416. The highest BCUT2D eigenvalue weighted by atomic mass is 16.6. The van der Waals surface area contributed by atoms with Crippen LogP contribution in [0.25, 0.3) is 0 Å². The zero-order valence-electron chi connectivity index (χ0n) is 12.8. The molecule has 0 aromatic heterocycles. The van der Waals surface area contributed by atoms with Crippen molar-refractivity contribution < 1.29 is 9.66 Å². The van der Waals surface area contributed by atoms with Crippen molar-refractivity contribution >= 4 is 11.4 Å². The summed E-state index contributed by atoms with van der Waals surface area (Å²) in [5.74, 6) is 0.310. The van der Waals surface area contributed by atoms with Gasteiger partial charge < -0.3 is 10.2 Å². The Hall–Kier alpha value is -1.82. The SMILES string of the molecule is CCOc1cc(NN2C(C)CCCC2C)ccc1[N+](=O)[O-]. The summed E-state index contributed by atoms with van der Waals surface area (Å²) in [5.41, 5.74) is 4.20. The molecule has 6 nitrogen and oxygen atoms in total. The average Bonchev–Trinajstić information content (AvgIpc) is 2.43. The molecular formula is C15H23N3O3. The molecule has 1 heterocycles. The Morgan fingerprint density at radius 3 is 2.62 bits per heavy atom. The van der Waals surface area contributed by atoms with Gasteiger partial charge in [0.25, 0.3) is 0 Å². The highest BCUT2D eigenvalue weighted by Gasteiger charge is 2.25. The van der Waals surface area contributed by atoms with E-state index in [1.165, 1.54) is 12.5 Å². The fraction of sp³-hybridized carbons (Fsp3) is 0.600. The van der Waals surface area contributed by atoms with Crippen LogP contribution in [0, 0.1) is 10.1 Å². The van der Waals surface area contributed by atoms with Gasteiger partial charge in [-0.3, -0.25) is 10.1 Å². The van der Waals surface area contributed by atoms with Gasteiger partial charge in [-0.05, 0) is 39.7 Å². The second-order valence-corrected chi connectivity index (χ2v) is 5.52. The standard InChI is InChI=1S/C15H23N3O3/c1-4-21-15-10-13(8-9-14(15)18(19)20)16-17-11(2)6-5-7-12(17)3/h8-12,16H,4-7H2,1-3H3. The van der Waals surface area contributed by atoms with Gasteiger partial charge in [0.1, 0.15) is 0 Å². The summed E-state index contributed by atoms with van der Waals surface area (Å²) >= 11 is 0. The van der Waals surface area contributed by atoms with Gasteiger partial charge in [-0.25, -0.2) is 5.01 Å². The first-order chi connectivity index (χ1) is 10.0. The van der Waals surface area contributed by atoms with Crippen LogP contribution < -0.4 is 10.2 Å². The molecule has 0 spiro atoms. The van der Waals surface area contributed by atoms with E-state index in [9.17, 15) is 10.1 Å². The molecule has 0 aliphatic carbocycles. The predicted molar refractivity (Wildman–Crippen MR) is 82.5 cm³/mol. The number of nitrogens with zero attached hydrogens (tertiary/aromatic N) is 2. The summed E-state index contributed by atoms with van der Waals surface area (Å²) in [5, 5.41) is 13.2. The lowest BCUT2D eigenvalue weighted by atomic mass is 10.00. The first kappa shape index (κ1) is 15.6. The third-order valence-corrected chi connectivity index (χ3v) is 3.91. The van der Waals surface area contributed by atoms with E-state index >= 15 is 0 Å². The van der Waals surface area contributed by atoms with Crippen LogP contribution in [0.3, 0.4) is 0 Å². The molecule has 2 unspecified atom stereocenters. The third-order valence-electron chi connectivity index (χ3n) is 3.91. The number of rotatable bonds is 5. The maximum atomic E-state index is 11.0. The molecule has 2 atom stereocenters. The number of nitro groups is 1. The first-order valence-electron chi connectivity index (χ1n) is 7.49. The van der Waals surface area contributed by atoms with Crippen molar-refractivity contribution in [1.82, 2.24) is 5.01 Å².